The zero-order valence-electron chi connectivity index (χ0n) is 10.5. The van der Waals surface area contributed by atoms with Crippen molar-refractivity contribution in [1.82, 2.24) is 0 Å². The summed E-state index contributed by atoms with van der Waals surface area (Å²) in [6, 6.07) is 0. The summed E-state index contributed by atoms with van der Waals surface area (Å²) in [5, 5.41) is 0. The normalized spacial score (nSPS) is 18.8. The third-order valence-corrected chi connectivity index (χ3v) is 4.32. The second kappa shape index (κ2) is 4.29. The molecule has 0 fully saturated rings. The molecule has 0 aromatic heterocycles. The van der Waals surface area contributed by atoms with Gasteiger partial charge in [0, 0.05) is 5.56 Å². The molecule has 1 aromatic rings. The number of halogens is 3. The van der Waals surface area contributed by atoms with Crippen LogP contribution in [0.2, 0.25) is 0 Å². The van der Waals surface area contributed by atoms with E-state index in [4.69, 9.17) is 39.5 Å². The first-order valence-corrected chi connectivity index (χ1v) is 6.67. The van der Waals surface area contributed by atoms with E-state index in [1.54, 1.807) is 0 Å². The molecular weight excluding hydrogens is 294 g/mol. The fourth-order valence-electron chi connectivity index (χ4n) is 2.39. The van der Waals surface area contributed by atoms with Gasteiger partial charge in [-0.1, -0.05) is 34.8 Å². The molecule has 1 aliphatic rings. The van der Waals surface area contributed by atoms with Crippen molar-refractivity contribution < 1.29 is 9.53 Å². The summed E-state index contributed by atoms with van der Waals surface area (Å²) in [7, 11) is 0. The maximum atomic E-state index is 12.0. The first-order chi connectivity index (χ1) is 8.16. The minimum Gasteiger partial charge on any atom is -0.449 e. The molecule has 2 rings (SSSR count). The Hall–Kier alpha value is -0.440. The average molecular weight is 308 g/mol. The van der Waals surface area contributed by atoms with Crippen molar-refractivity contribution in [1.29, 1.82) is 0 Å². The van der Waals surface area contributed by atoms with Crippen LogP contribution in [0.25, 0.3) is 0 Å². The Morgan fingerprint density at radius 1 is 0.944 bits per heavy atom. The Bertz CT molecular complexity index is 544. The van der Waals surface area contributed by atoms with E-state index in [0.717, 1.165) is 22.3 Å². The van der Waals surface area contributed by atoms with Gasteiger partial charge in [0.15, 0.2) is 6.10 Å². The summed E-state index contributed by atoms with van der Waals surface area (Å²) >= 11 is 17.7. The van der Waals surface area contributed by atoms with Gasteiger partial charge < -0.3 is 4.74 Å². The summed E-state index contributed by atoms with van der Waals surface area (Å²) in [6.07, 6.45) is -0.831. The Kier molecular flexibility index (Phi) is 3.33. The molecule has 1 heterocycles. The van der Waals surface area contributed by atoms with Gasteiger partial charge in [-0.25, -0.2) is 4.79 Å². The molecule has 0 N–H and O–H groups in total. The van der Waals surface area contributed by atoms with Crippen molar-refractivity contribution in [2.45, 2.75) is 37.6 Å². The Morgan fingerprint density at radius 3 is 1.94 bits per heavy atom. The number of hydrogen-bond acceptors (Lipinski definition) is 2. The SMILES string of the molecule is Cc1c(C)c(C)c2c(c1C)C(=O)OC2C(Cl)(Cl)Cl. The molecule has 18 heavy (non-hydrogen) atoms. The lowest BCUT2D eigenvalue weighted by Gasteiger charge is -2.22. The van der Waals surface area contributed by atoms with Crippen LogP contribution in [0.1, 0.15) is 44.3 Å². The fourth-order valence-corrected chi connectivity index (χ4v) is 2.85. The van der Waals surface area contributed by atoms with Gasteiger partial charge in [0.25, 0.3) is 0 Å². The predicted molar refractivity (Wildman–Crippen MR) is 73.8 cm³/mol. The number of fused-ring (bicyclic) bond motifs is 1. The third kappa shape index (κ3) is 1.91. The van der Waals surface area contributed by atoms with Crippen LogP contribution >= 0.6 is 34.8 Å². The van der Waals surface area contributed by atoms with E-state index in [-0.39, 0.29) is 0 Å². The van der Waals surface area contributed by atoms with Gasteiger partial charge in [0.1, 0.15) is 0 Å². The minimum absolute atomic E-state index is 0.412. The van der Waals surface area contributed by atoms with Gasteiger partial charge >= 0.3 is 5.97 Å². The van der Waals surface area contributed by atoms with Crippen molar-refractivity contribution in [2.24, 2.45) is 0 Å². The minimum atomic E-state index is -1.65. The maximum absolute atomic E-state index is 12.0. The quantitative estimate of drug-likeness (QED) is 0.521. The number of benzene rings is 1. The van der Waals surface area contributed by atoms with Crippen LogP contribution in [0.4, 0.5) is 0 Å². The molecule has 2 nitrogen and oxygen atoms in total. The average Bonchev–Trinajstić information content (AvgIpc) is 2.61. The van der Waals surface area contributed by atoms with Crippen LogP contribution in [0.5, 0.6) is 0 Å². The lowest BCUT2D eigenvalue weighted by Crippen LogP contribution is -2.18. The Labute approximate surface area is 121 Å². The van der Waals surface area contributed by atoms with E-state index in [1.807, 2.05) is 27.7 Å². The van der Waals surface area contributed by atoms with Crippen LogP contribution in [-0.2, 0) is 4.74 Å². The van der Waals surface area contributed by atoms with E-state index in [9.17, 15) is 4.79 Å². The number of carbonyl (C=O) groups excluding carboxylic acids is 1. The second-order valence-corrected chi connectivity index (χ2v) is 6.98. The molecular formula is C13H13Cl3O2. The number of ether oxygens (including phenoxy) is 1. The van der Waals surface area contributed by atoms with Crippen molar-refractivity contribution >= 4 is 40.8 Å². The Morgan fingerprint density at radius 2 is 1.44 bits per heavy atom. The largest absolute Gasteiger partial charge is 0.449 e. The molecule has 5 heteroatoms. The first-order valence-electron chi connectivity index (χ1n) is 5.54. The standard InChI is InChI=1S/C13H13Cl3O2/c1-5-6(2)8(4)10-9(7(5)3)11(13(14,15)16)18-12(10)17/h11H,1-4H3. The van der Waals surface area contributed by atoms with Crippen LogP contribution in [0.15, 0.2) is 0 Å². The summed E-state index contributed by atoms with van der Waals surface area (Å²) < 4.78 is 3.58. The zero-order valence-corrected chi connectivity index (χ0v) is 12.8. The molecule has 0 aliphatic carbocycles. The van der Waals surface area contributed by atoms with Gasteiger partial charge in [-0.3, -0.25) is 0 Å². The fraction of sp³-hybridized carbons (Fsp3) is 0.462. The van der Waals surface area contributed by atoms with Crippen molar-refractivity contribution in [3.8, 4) is 0 Å². The number of cyclic esters (lactones) is 1. The Balaban J connectivity index is 2.79. The van der Waals surface area contributed by atoms with Crippen LogP contribution in [0.3, 0.4) is 0 Å². The van der Waals surface area contributed by atoms with Gasteiger partial charge in [-0.2, -0.15) is 0 Å². The number of esters is 1. The van der Waals surface area contributed by atoms with E-state index < -0.39 is 15.9 Å². The van der Waals surface area contributed by atoms with E-state index >= 15 is 0 Å². The number of rotatable bonds is 0. The highest BCUT2D eigenvalue weighted by molar-refractivity contribution is 6.68. The first kappa shape index (κ1) is 14.0. The lowest BCUT2D eigenvalue weighted by molar-refractivity contribution is 0.0392. The van der Waals surface area contributed by atoms with E-state index in [0.29, 0.717) is 11.1 Å². The molecule has 0 amide bonds. The number of carbonyl (C=O) groups is 1. The molecule has 0 spiro atoms. The highest BCUT2D eigenvalue weighted by atomic mass is 35.6. The van der Waals surface area contributed by atoms with Crippen molar-refractivity contribution in [2.75, 3.05) is 0 Å². The monoisotopic (exact) mass is 306 g/mol. The van der Waals surface area contributed by atoms with Gasteiger partial charge in [-0.05, 0) is 49.9 Å². The molecule has 0 radical (unpaired) electrons. The zero-order chi connectivity index (χ0) is 13.8. The summed E-state index contributed by atoms with van der Waals surface area (Å²) in [4.78, 5) is 12.0. The molecule has 0 bridgehead atoms. The van der Waals surface area contributed by atoms with Gasteiger partial charge in [0.05, 0.1) is 5.56 Å². The molecule has 1 aliphatic heterocycles. The van der Waals surface area contributed by atoms with E-state index in [2.05, 4.69) is 0 Å². The van der Waals surface area contributed by atoms with E-state index in [1.165, 1.54) is 0 Å². The third-order valence-electron chi connectivity index (χ3n) is 3.72. The molecule has 1 aromatic carbocycles. The smallest absolute Gasteiger partial charge is 0.339 e. The molecule has 1 unspecified atom stereocenters. The van der Waals surface area contributed by atoms with Crippen LogP contribution < -0.4 is 0 Å². The van der Waals surface area contributed by atoms with Crippen LogP contribution in [-0.4, -0.2) is 9.76 Å². The molecule has 0 saturated heterocycles. The molecule has 98 valence electrons. The summed E-state index contributed by atoms with van der Waals surface area (Å²) in [5.74, 6) is -0.412. The highest BCUT2D eigenvalue weighted by Crippen LogP contribution is 2.49. The van der Waals surface area contributed by atoms with Gasteiger partial charge in [-0.15, -0.1) is 0 Å². The second-order valence-electron chi connectivity index (χ2n) is 4.62. The van der Waals surface area contributed by atoms with Crippen LogP contribution in [0, 0.1) is 27.7 Å². The summed E-state index contributed by atoms with van der Waals surface area (Å²) in [6.45, 7) is 7.79. The highest BCUT2D eigenvalue weighted by Gasteiger charge is 2.46. The predicted octanol–water partition coefficient (Wildman–Crippen LogP) is 4.50. The molecule has 1 atom stereocenters. The maximum Gasteiger partial charge on any atom is 0.339 e. The molecule has 0 saturated carbocycles. The number of hydrogen-bond donors (Lipinski definition) is 0. The lowest BCUT2D eigenvalue weighted by atomic mass is 9.88. The summed E-state index contributed by atoms with van der Waals surface area (Å²) in [5.41, 5.74) is 5.29. The number of alkyl halides is 3. The van der Waals surface area contributed by atoms with Crippen molar-refractivity contribution in [3.63, 3.8) is 0 Å². The van der Waals surface area contributed by atoms with Gasteiger partial charge in [0.2, 0.25) is 3.79 Å². The topological polar surface area (TPSA) is 26.3 Å². The van der Waals surface area contributed by atoms with Crippen molar-refractivity contribution in [3.05, 3.63) is 33.4 Å².